The van der Waals surface area contributed by atoms with Crippen molar-refractivity contribution < 1.29 is 14.3 Å². The lowest BCUT2D eigenvalue weighted by Crippen LogP contribution is -2.24. The van der Waals surface area contributed by atoms with Gasteiger partial charge in [-0.2, -0.15) is 0 Å². The normalized spacial score (nSPS) is 14.4. The number of furan rings is 1. The average molecular weight is 219 g/mol. The van der Waals surface area contributed by atoms with Gasteiger partial charge >= 0.3 is 0 Å². The van der Waals surface area contributed by atoms with Crippen LogP contribution in [0.2, 0.25) is 0 Å². The molecule has 1 atom stereocenters. The molecular formula is C12H13NO3. The SMILES string of the molecule is COc1cccnc1C(C)(O)c1ccoc1. The molecule has 0 amide bonds. The van der Waals surface area contributed by atoms with Gasteiger partial charge in [-0.1, -0.05) is 0 Å². The average Bonchev–Trinajstić information content (AvgIpc) is 2.83. The summed E-state index contributed by atoms with van der Waals surface area (Å²) >= 11 is 0. The van der Waals surface area contributed by atoms with Gasteiger partial charge in [0, 0.05) is 11.8 Å². The molecule has 0 saturated carbocycles. The molecule has 0 aromatic carbocycles. The van der Waals surface area contributed by atoms with Crippen molar-refractivity contribution in [3.05, 3.63) is 48.2 Å². The van der Waals surface area contributed by atoms with Gasteiger partial charge in [-0.05, 0) is 25.1 Å². The minimum absolute atomic E-state index is 0.471. The summed E-state index contributed by atoms with van der Waals surface area (Å²) in [6, 6.07) is 5.22. The second-order valence-corrected chi connectivity index (χ2v) is 3.64. The minimum Gasteiger partial charge on any atom is -0.495 e. The van der Waals surface area contributed by atoms with Crippen molar-refractivity contribution in [2.24, 2.45) is 0 Å². The third-order valence-corrected chi connectivity index (χ3v) is 2.54. The number of nitrogens with zero attached hydrogens (tertiary/aromatic N) is 1. The topological polar surface area (TPSA) is 55.5 Å². The zero-order chi connectivity index (χ0) is 11.6. The standard InChI is InChI=1S/C12H13NO3/c1-12(14,9-5-7-16-8-9)11-10(15-2)4-3-6-13-11/h3-8,14H,1-2H3. The van der Waals surface area contributed by atoms with E-state index >= 15 is 0 Å². The van der Waals surface area contributed by atoms with Crippen molar-refractivity contribution in [2.75, 3.05) is 7.11 Å². The van der Waals surface area contributed by atoms with Crippen molar-refractivity contribution in [3.8, 4) is 5.75 Å². The van der Waals surface area contributed by atoms with E-state index in [1.54, 1.807) is 38.4 Å². The molecule has 0 aliphatic heterocycles. The molecule has 2 aromatic heterocycles. The third kappa shape index (κ3) is 1.67. The summed E-state index contributed by atoms with van der Waals surface area (Å²) in [4.78, 5) is 4.16. The van der Waals surface area contributed by atoms with Crippen LogP contribution >= 0.6 is 0 Å². The maximum absolute atomic E-state index is 10.5. The zero-order valence-corrected chi connectivity index (χ0v) is 9.18. The van der Waals surface area contributed by atoms with E-state index in [1.165, 1.54) is 12.5 Å². The van der Waals surface area contributed by atoms with Gasteiger partial charge in [-0.15, -0.1) is 0 Å². The van der Waals surface area contributed by atoms with Gasteiger partial charge in [-0.3, -0.25) is 4.98 Å². The molecule has 0 radical (unpaired) electrons. The van der Waals surface area contributed by atoms with Crippen LogP contribution < -0.4 is 4.74 Å². The fraction of sp³-hybridized carbons (Fsp3) is 0.250. The van der Waals surface area contributed by atoms with Crippen molar-refractivity contribution in [3.63, 3.8) is 0 Å². The number of methoxy groups -OCH3 is 1. The van der Waals surface area contributed by atoms with E-state index in [9.17, 15) is 5.11 Å². The summed E-state index contributed by atoms with van der Waals surface area (Å²) in [7, 11) is 1.55. The van der Waals surface area contributed by atoms with Gasteiger partial charge in [-0.25, -0.2) is 0 Å². The first-order valence-electron chi connectivity index (χ1n) is 4.91. The Bertz CT molecular complexity index is 463. The third-order valence-electron chi connectivity index (χ3n) is 2.54. The Morgan fingerprint density at radius 1 is 1.44 bits per heavy atom. The van der Waals surface area contributed by atoms with Crippen LogP contribution in [0, 0.1) is 0 Å². The van der Waals surface area contributed by atoms with Gasteiger partial charge in [0.05, 0.1) is 19.6 Å². The second kappa shape index (κ2) is 3.98. The monoisotopic (exact) mass is 219 g/mol. The maximum Gasteiger partial charge on any atom is 0.143 e. The van der Waals surface area contributed by atoms with Crippen LogP contribution in [0.15, 0.2) is 41.3 Å². The lowest BCUT2D eigenvalue weighted by atomic mass is 9.94. The van der Waals surface area contributed by atoms with Crippen molar-refractivity contribution in [1.82, 2.24) is 4.98 Å². The van der Waals surface area contributed by atoms with Crippen molar-refractivity contribution in [1.29, 1.82) is 0 Å². The summed E-state index contributed by atoms with van der Waals surface area (Å²) in [5.41, 5.74) is -0.108. The van der Waals surface area contributed by atoms with Gasteiger partial charge < -0.3 is 14.3 Å². The van der Waals surface area contributed by atoms with Gasteiger partial charge in [0.25, 0.3) is 0 Å². The lowest BCUT2D eigenvalue weighted by Gasteiger charge is -2.22. The number of hydrogen-bond donors (Lipinski definition) is 1. The Balaban J connectivity index is 2.51. The number of aliphatic hydroxyl groups is 1. The maximum atomic E-state index is 10.5. The smallest absolute Gasteiger partial charge is 0.143 e. The molecule has 2 aromatic rings. The number of hydrogen-bond acceptors (Lipinski definition) is 4. The molecule has 0 spiro atoms. The van der Waals surface area contributed by atoms with Crippen molar-refractivity contribution >= 4 is 0 Å². The van der Waals surface area contributed by atoms with E-state index in [0.29, 0.717) is 17.0 Å². The fourth-order valence-corrected chi connectivity index (χ4v) is 1.60. The summed E-state index contributed by atoms with van der Waals surface area (Å²) in [6.07, 6.45) is 4.62. The van der Waals surface area contributed by atoms with Crippen LogP contribution in [0.3, 0.4) is 0 Å². The highest BCUT2D eigenvalue weighted by Gasteiger charge is 2.31. The Labute approximate surface area is 93.5 Å². The van der Waals surface area contributed by atoms with Crippen molar-refractivity contribution in [2.45, 2.75) is 12.5 Å². The molecule has 84 valence electrons. The van der Waals surface area contributed by atoms with Gasteiger partial charge in [0.15, 0.2) is 0 Å². The molecule has 0 aliphatic rings. The van der Waals surface area contributed by atoms with Crippen LogP contribution in [0.25, 0.3) is 0 Å². The summed E-state index contributed by atoms with van der Waals surface area (Å²) < 4.78 is 10.1. The number of rotatable bonds is 3. The second-order valence-electron chi connectivity index (χ2n) is 3.64. The summed E-state index contributed by atoms with van der Waals surface area (Å²) in [6.45, 7) is 1.66. The van der Waals surface area contributed by atoms with Crippen LogP contribution in [0.4, 0.5) is 0 Å². The molecule has 1 N–H and O–H groups in total. The first-order chi connectivity index (χ1) is 7.66. The zero-order valence-electron chi connectivity index (χ0n) is 9.18. The van der Waals surface area contributed by atoms with E-state index in [-0.39, 0.29) is 0 Å². The van der Waals surface area contributed by atoms with E-state index in [1.807, 2.05) is 0 Å². The molecule has 0 fully saturated rings. The highest BCUT2D eigenvalue weighted by Crippen LogP contribution is 2.33. The quantitative estimate of drug-likeness (QED) is 0.857. The van der Waals surface area contributed by atoms with E-state index in [0.717, 1.165) is 0 Å². The number of ether oxygens (including phenoxy) is 1. The van der Waals surface area contributed by atoms with E-state index in [2.05, 4.69) is 4.98 Å². The number of aromatic nitrogens is 1. The fourth-order valence-electron chi connectivity index (χ4n) is 1.60. The minimum atomic E-state index is -1.22. The van der Waals surface area contributed by atoms with Crippen LogP contribution in [0.5, 0.6) is 5.75 Å². The van der Waals surface area contributed by atoms with E-state index < -0.39 is 5.60 Å². The predicted octanol–water partition coefficient (Wildman–Crippen LogP) is 1.94. The highest BCUT2D eigenvalue weighted by atomic mass is 16.5. The predicted molar refractivity (Wildman–Crippen MR) is 58.2 cm³/mol. The summed E-state index contributed by atoms with van der Waals surface area (Å²) in [5.74, 6) is 0.550. The molecular weight excluding hydrogens is 206 g/mol. The molecule has 2 heterocycles. The molecule has 16 heavy (non-hydrogen) atoms. The van der Waals surface area contributed by atoms with Crippen LogP contribution in [-0.2, 0) is 5.60 Å². The van der Waals surface area contributed by atoms with Crippen LogP contribution in [-0.4, -0.2) is 17.2 Å². The molecule has 1 unspecified atom stereocenters. The highest BCUT2D eigenvalue weighted by molar-refractivity contribution is 5.38. The molecule has 4 heteroatoms. The Morgan fingerprint density at radius 3 is 2.88 bits per heavy atom. The summed E-state index contributed by atoms with van der Waals surface area (Å²) in [5, 5.41) is 10.5. The van der Waals surface area contributed by atoms with E-state index in [4.69, 9.17) is 9.15 Å². The lowest BCUT2D eigenvalue weighted by molar-refractivity contribution is 0.0932. The Hall–Kier alpha value is -1.81. The largest absolute Gasteiger partial charge is 0.495 e. The molecule has 2 rings (SSSR count). The Morgan fingerprint density at radius 2 is 2.25 bits per heavy atom. The first-order valence-corrected chi connectivity index (χ1v) is 4.91. The first kappa shape index (κ1) is 10.7. The molecule has 0 saturated heterocycles. The van der Waals surface area contributed by atoms with Crippen LogP contribution in [0.1, 0.15) is 18.2 Å². The number of pyridine rings is 1. The Kier molecular flexibility index (Phi) is 2.66. The van der Waals surface area contributed by atoms with Gasteiger partial charge in [0.2, 0.25) is 0 Å². The molecule has 4 nitrogen and oxygen atoms in total. The van der Waals surface area contributed by atoms with Gasteiger partial charge in [0.1, 0.15) is 17.0 Å². The molecule has 0 aliphatic carbocycles. The molecule has 0 bridgehead atoms.